The van der Waals surface area contributed by atoms with Gasteiger partial charge in [-0.05, 0) is 44.0 Å². The Morgan fingerprint density at radius 2 is 1.88 bits per heavy atom. The molecule has 0 unspecified atom stereocenters. The quantitative estimate of drug-likeness (QED) is 0.776. The van der Waals surface area contributed by atoms with E-state index in [0.717, 1.165) is 9.37 Å². The Bertz CT molecular complexity index is 732. The number of amides is 3. The molecule has 7 heteroatoms. The van der Waals surface area contributed by atoms with Crippen molar-refractivity contribution in [3.05, 3.63) is 39.8 Å². The largest absolute Gasteiger partial charge is 0.324 e. The van der Waals surface area contributed by atoms with Gasteiger partial charge in [-0.25, -0.2) is 0 Å². The molecular formula is C17H16BrClN2O3. The van der Waals surface area contributed by atoms with Crippen molar-refractivity contribution in [2.24, 2.45) is 11.8 Å². The maximum atomic E-state index is 12.6. The van der Waals surface area contributed by atoms with Crippen LogP contribution >= 0.6 is 27.5 Å². The van der Waals surface area contributed by atoms with Crippen molar-refractivity contribution < 1.29 is 14.4 Å². The van der Waals surface area contributed by atoms with Crippen molar-refractivity contribution in [3.63, 3.8) is 0 Å². The van der Waals surface area contributed by atoms with E-state index in [0.29, 0.717) is 23.6 Å². The highest BCUT2D eigenvalue weighted by atomic mass is 79.9. The molecule has 1 aromatic rings. The third-order valence-corrected chi connectivity index (χ3v) is 5.32. The van der Waals surface area contributed by atoms with Crippen molar-refractivity contribution in [2.75, 3.05) is 5.32 Å². The molecule has 3 amide bonds. The summed E-state index contributed by atoms with van der Waals surface area (Å²) >= 11 is 9.33. The summed E-state index contributed by atoms with van der Waals surface area (Å²) in [6.45, 7) is 1.57. The van der Waals surface area contributed by atoms with E-state index in [1.165, 1.54) is 0 Å². The zero-order valence-electron chi connectivity index (χ0n) is 13.0. The second-order valence-corrected chi connectivity index (χ2v) is 7.42. The van der Waals surface area contributed by atoms with Crippen LogP contribution in [-0.2, 0) is 14.4 Å². The number of hydrogen-bond donors (Lipinski definition) is 1. The summed E-state index contributed by atoms with van der Waals surface area (Å²) in [6, 6.07) is 6.22. The van der Waals surface area contributed by atoms with Crippen LogP contribution < -0.4 is 5.32 Å². The molecule has 1 heterocycles. The topological polar surface area (TPSA) is 66.5 Å². The second-order valence-electron chi connectivity index (χ2n) is 6.02. The molecule has 0 radical (unpaired) electrons. The third-order valence-electron chi connectivity index (χ3n) is 4.48. The molecule has 1 aromatic carbocycles. The fourth-order valence-corrected chi connectivity index (χ4v) is 3.65. The molecule has 126 valence electrons. The standard InChI is InChI=1S/C17H16BrClN2O3/c1-9(15(22)20-12-5-2-10(18)3-6-12)21-16(23)13-7-4-11(19)8-14(13)17(21)24/h2-6,9,13-14H,7-8H2,1H3,(H,20,22)/t9-,13-,14+/m1/s1. The molecular weight excluding hydrogens is 396 g/mol. The Kier molecular flexibility index (Phi) is 4.78. The van der Waals surface area contributed by atoms with Gasteiger partial charge in [0.15, 0.2) is 0 Å². The molecule has 3 atom stereocenters. The van der Waals surface area contributed by atoms with Crippen molar-refractivity contribution in [1.82, 2.24) is 4.90 Å². The van der Waals surface area contributed by atoms with E-state index in [1.807, 2.05) is 0 Å². The van der Waals surface area contributed by atoms with Crippen molar-refractivity contribution >= 4 is 50.9 Å². The number of carbonyl (C=O) groups excluding carboxylic acids is 3. The average Bonchev–Trinajstić information content (AvgIpc) is 2.79. The number of anilines is 1. The van der Waals surface area contributed by atoms with Crippen LogP contribution in [0, 0.1) is 11.8 Å². The molecule has 1 saturated heterocycles. The molecule has 3 rings (SSSR count). The van der Waals surface area contributed by atoms with E-state index in [4.69, 9.17) is 11.6 Å². The van der Waals surface area contributed by atoms with Gasteiger partial charge in [0, 0.05) is 15.2 Å². The Morgan fingerprint density at radius 1 is 1.25 bits per heavy atom. The summed E-state index contributed by atoms with van der Waals surface area (Å²) in [6.07, 6.45) is 2.60. The number of fused-ring (bicyclic) bond motifs is 1. The molecule has 0 saturated carbocycles. The number of nitrogens with zero attached hydrogens (tertiary/aromatic N) is 1. The lowest BCUT2D eigenvalue weighted by atomic mass is 9.85. The summed E-state index contributed by atoms with van der Waals surface area (Å²) in [7, 11) is 0. The monoisotopic (exact) mass is 410 g/mol. The number of likely N-dealkylation sites (tertiary alicyclic amines) is 1. The number of imide groups is 1. The van der Waals surface area contributed by atoms with E-state index >= 15 is 0 Å². The highest BCUT2D eigenvalue weighted by molar-refractivity contribution is 9.10. The third kappa shape index (κ3) is 3.13. The zero-order valence-corrected chi connectivity index (χ0v) is 15.3. The maximum absolute atomic E-state index is 12.6. The lowest BCUT2D eigenvalue weighted by Crippen LogP contribution is -2.46. The normalized spacial score (nSPS) is 24.5. The van der Waals surface area contributed by atoms with Gasteiger partial charge in [-0.3, -0.25) is 19.3 Å². The van der Waals surface area contributed by atoms with E-state index in [-0.39, 0.29) is 11.8 Å². The number of nitrogens with one attached hydrogen (secondary N) is 1. The molecule has 24 heavy (non-hydrogen) atoms. The van der Waals surface area contributed by atoms with Crippen LogP contribution in [-0.4, -0.2) is 28.7 Å². The smallest absolute Gasteiger partial charge is 0.247 e. The Hall–Kier alpha value is -1.66. The molecule has 1 N–H and O–H groups in total. The van der Waals surface area contributed by atoms with Gasteiger partial charge in [-0.15, -0.1) is 0 Å². The van der Waals surface area contributed by atoms with E-state index < -0.39 is 23.8 Å². The molecule has 0 spiro atoms. The minimum atomic E-state index is -0.863. The molecule has 0 bridgehead atoms. The summed E-state index contributed by atoms with van der Waals surface area (Å²) in [5, 5.41) is 3.34. The predicted molar refractivity (Wildman–Crippen MR) is 94.2 cm³/mol. The van der Waals surface area contributed by atoms with E-state index in [1.54, 1.807) is 37.3 Å². The van der Waals surface area contributed by atoms with Gasteiger partial charge < -0.3 is 5.32 Å². The molecule has 2 aliphatic rings. The average molecular weight is 412 g/mol. The van der Waals surface area contributed by atoms with Crippen LogP contribution in [0.15, 0.2) is 39.8 Å². The zero-order chi connectivity index (χ0) is 17.4. The minimum absolute atomic E-state index is 0.288. The van der Waals surface area contributed by atoms with Gasteiger partial charge in [-0.1, -0.05) is 33.6 Å². The fourth-order valence-electron chi connectivity index (χ4n) is 3.13. The first-order valence-corrected chi connectivity index (χ1v) is 8.83. The highest BCUT2D eigenvalue weighted by Crippen LogP contribution is 2.39. The summed E-state index contributed by atoms with van der Waals surface area (Å²) < 4.78 is 0.895. The molecule has 1 aliphatic heterocycles. The molecule has 0 aromatic heterocycles. The van der Waals surface area contributed by atoms with Gasteiger partial charge in [-0.2, -0.15) is 0 Å². The maximum Gasteiger partial charge on any atom is 0.247 e. The van der Waals surface area contributed by atoms with Crippen molar-refractivity contribution in [3.8, 4) is 0 Å². The van der Waals surface area contributed by atoms with Gasteiger partial charge >= 0.3 is 0 Å². The van der Waals surface area contributed by atoms with Crippen LogP contribution in [0.2, 0.25) is 0 Å². The lowest BCUT2D eigenvalue weighted by Gasteiger charge is -2.22. The van der Waals surface area contributed by atoms with E-state index in [9.17, 15) is 14.4 Å². The van der Waals surface area contributed by atoms with Crippen molar-refractivity contribution in [2.45, 2.75) is 25.8 Å². The van der Waals surface area contributed by atoms with Gasteiger partial charge in [0.1, 0.15) is 6.04 Å². The predicted octanol–water partition coefficient (Wildman–Crippen LogP) is 3.29. The van der Waals surface area contributed by atoms with Crippen molar-refractivity contribution in [1.29, 1.82) is 0 Å². The number of carbonyl (C=O) groups is 3. The number of hydrogen-bond acceptors (Lipinski definition) is 3. The van der Waals surface area contributed by atoms with Crippen LogP contribution in [0.3, 0.4) is 0 Å². The van der Waals surface area contributed by atoms with Crippen LogP contribution in [0.25, 0.3) is 0 Å². The number of allylic oxidation sites excluding steroid dienone is 2. The summed E-state index contributed by atoms with van der Waals surface area (Å²) in [5.41, 5.74) is 0.608. The first-order valence-electron chi connectivity index (χ1n) is 7.66. The number of benzene rings is 1. The van der Waals surface area contributed by atoms with Gasteiger partial charge in [0.05, 0.1) is 11.8 Å². The van der Waals surface area contributed by atoms with Crippen LogP contribution in [0.5, 0.6) is 0 Å². The minimum Gasteiger partial charge on any atom is -0.324 e. The van der Waals surface area contributed by atoms with E-state index in [2.05, 4.69) is 21.2 Å². The second kappa shape index (κ2) is 6.69. The molecule has 5 nitrogen and oxygen atoms in total. The summed E-state index contributed by atoms with van der Waals surface area (Å²) in [5.74, 6) is -1.84. The van der Waals surface area contributed by atoms with Crippen LogP contribution in [0.4, 0.5) is 5.69 Å². The number of halogens is 2. The SMILES string of the molecule is C[C@H](C(=O)Nc1ccc(Br)cc1)N1C(=O)[C@H]2CC(Cl)=CC[C@H]2C1=O. The highest BCUT2D eigenvalue weighted by Gasteiger charge is 2.51. The molecule has 1 aliphatic carbocycles. The number of rotatable bonds is 3. The lowest BCUT2D eigenvalue weighted by molar-refractivity contribution is -0.146. The van der Waals surface area contributed by atoms with Gasteiger partial charge in [0.2, 0.25) is 17.7 Å². The van der Waals surface area contributed by atoms with Gasteiger partial charge in [0.25, 0.3) is 0 Å². The Morgan fingerprint density at radius 3 is 2.54 bits per heavy atom. The first-order chi connectivity index (χ1) is 11.4. The van der Waals surface area contributed by atoms with Crippen LogP contribution in [0.1, 0.15) is 19.8 Å². The Labute approximate surface area is 153 Å². The Balaban J connectivity index is 1.74. The molecule has 1 fully saturated rings. The summed E-state index contributed by atoms with van der Waals surface area (Å²) in [4.78, 5) is 38.6. The fraction of sp³-hybridized carbons (Fsp3) is 0.353. The first kappa shape index (κ1) is 17.2.